The second-order valence-electron chi connectivity index (χ2n) is 2.56. The lowest BCUT2D eigenvalue weighted by atomic mass is 10.1. The SMILES string of the molecule is CC(C=CN(C)C)=C(C#N)C#N. The second-order valence-corrected chi connectivity index (χ2v) is 2.56. The Balaban J connectivity index is 4.61. The molecule has 0 unspecified atom stereocenters. The first-order chi connectivity index (χ1) is 5.61. The monoisotopic (exact) mass is 161 g/mol. The fraction of sp³-hybridized carbons (Fsp3) is 0.333. The predicted octanol–water partition coefficient (Wildman–Crippen LogP) is 1.43. The van der Waals surface area contributed by atoms with Crippen molar-refractivity contribution in [1.82, 2.24) is 4.90 Å². The molecule has 3 nitrogen and oxygen atoms in total. The third-order valence-corrected chi connectivity index (χ3v) is 1.24. The Morgan fingerprint density at radius 3 is 2.08 bits per heavy atom. The highest BCUT2D eigenvalue weighted by molar-refractivity contribution is 5.43. The van der Waals surface area contributed by atoms with Crippen LogP contribution in [-0.2, 0) is 0 Å². The van der Waals surface area contributed by atoms with Gasteiger partial charge in [-0.15, -0.1) is 0 Å². The van der Waals surface area contributed by atoms with E-state index in [0.29, 0.717) is 5.57 Å². The van der Waals surface area contributed by atoms with Gasteiger partial charge < -0.3 is 4.90 Å². The molecule has 0 rings (SSSR count). The molecule has 62 valence electrons. The molecule has 0 fully saturated rings. The van der Waals surface area contributed by atoms with E-state index in [1.165, 1.54) is 0 Å². The molecule has 0 aliphatic rings. The minimum atomic E-state index is 0.160. The van der Waals surface area contributed by atoms with E-state index >= 15 is 0 Å². The lowest BCUT2D eigenvalue weighted by molar-refractivity contribution is 0.563. The van der Waals surface area contributed by atoms with E-state index in [9.17, 15) is 0 Å². The van der Waals surface area contributed by atoms with E-state index in [2.05, 4.69) is 0 Å². The highest BCUT2D eigenvalue weighted by atomic mass is 15.0. The summed E-state index contributed by atoms with van der Waals surface area (Å²) in [5, 5.41) is 17.0. The first-order valence-electron chi connectivity index (χ1n) is 3.47. The predicted molar refractivity (Wildman–Crippen MR) is 46.8 cm³/mol. The molecule has 0 aliphatic carbocycles. The third-order valence-electron chi connectivity index (χ3n) is 1.24. The Morgan fingerprint density at radius 1 is 1.25 bits per heavy atom. The molecule has 0 saturated carbocycles. The normalized spacial score (nSPS) is 8.75. The van der Waals surface area contributed by atoms with E-state index in [4.69, 9.17) is 10.5 Å². The van der Waals surface area contributed by atoms with Crippen molar-refractivity contribution in [3.05, 3.63) is 23.4 Å². The Morgan fingerprint density at radius 2 is 1.75 bits per heavy atom. The van der Waals surface area contributed by atoms with Crippen LogP contribution < -0.4 is 0 Å². The zero-order chi connectivity index (χ0) is 9.56. The van der Waals surface area contributed by atoms with Crippen LogP contribution in [-0.4, -0.2) is 19.0 Å². The molecule has 0 heterocycles. The van der Waals surface area contributed by atoms with Gasteiger partial charge in [0.2, 0.25) is 0 Å². The maximum Gasteiger partial charge on any atom is 0.132 e. The van der Waals surface area contributed by atoms with Crippen molar-refractivity contribution >= 4 is 0 Å². The fourth-order valence-corrected chi connectivity index (χ4v) is 0.546. The summed E-state index contributed by atoms with van der Waals surface area (Å²) in [5.41, 5.74) is 0.849. The van der Waals surface area contributed by atoms with Gasteiger partial charge in [0.05, 0.1) is 0 Å². The van der Waals surface area contributed by atoms with Crippen molar-refractivity contribution in [2.75, 3.05) is 14.1 Å². The van der Waals surface area contributed by atoms with Gasteiger partial charge in [0, 0.05) is 14.1 Å². The number of nitrogens with zero attached hydrogens (tertiary/aromatic N) is 3. The van der Waals surface area contributed by atoms with Crippen molar-refractivity contribution in [2.24, 2.45) is 0 Å². The number of allylic oxidation sites excluding steroid dienone is 3. The molecule has 0 aromatic heterocycles. The number of nitriles is 2. The standard InChI is InChI=1S/C9H11N3/c1-8(4-5-12(2)3)9(6-10)7-11/h4-5H,1-3H3. The van der Waals surface area contributed by atoms with Crippen LogP contribution in [0.3, 0.4) is 0 Å². The van der Waals surface area contributed by atoms with Crippen molar-refractivity contribution in [3.8, 4) is 12.1 Å². The molecule has 3 heteroatoms. The lowest BCUT2D eigenvalue weighted by Gasteiger charge is -2.02. The van der Waals surface area contributed by atoms with E-state index < -0.39 is 0 Å². The summed E-state index contributed by atoms with van der Waals surface area (Å²) in [4.78, 5) is 1.84. The zero-order valence-electron chi connectivity index (χ0n) is 7.50. The van der Waals surface area contributed by atoms with Crippen LogP contribution in [0.4, 0.5) is 0 Å². The van der Waals surface area contributed by atoms with E-state index in [-0.39, 0.29) is 5.57 Å². The van der Waals surface area contributed by atoms with Gasteiger partial charge in [-0.3, -0.25) is 0 Å². The van der Waals surface area contributed by atoms with Crippen LogP contribution in [0.2, 0.25) is 0 Å². The minimum Gasteiger partial charge on any atom is -0.383 e. The highest BCUT2D eigenvalue weighted by Crippen LogP contribution is 2.03. The molecule has 0 aliphatic heterocycles. The van der Waals surface area contributed by atoms with Crippen molar-refractivity contribution in [2.45, 2.75) is 6.92 Å². The molecular weight excluding hydrogens is 150 g/mol. The number of hydrogen-bond donors (Lipinski definition) is 0. The van der Waals surface area contributed by atoms with Crippen LogP contribution in [0.1, 0.15) is 6.92 Å². The molecule has 12 heavy (non-hydrogen) atoms. The number of rotatable bonds is 2. The van der Waals surface area contributed by atoms with Gasteiger partial charge in [-0.05, 0) is 24.8 Å². The zero-order valence-corrected chi connectivity index (χ0v) is 7.50. The lowest BCUT2D eigenvalue weighted by Crippen LogP contribution is -2.00. The molecule has 0 atom stereocenters. The molecule has 0 aromatic carbocycles. The fourth-order valence-electron chi connectivity index (χ4n) is 0.546. The van der Waals surface area contributed by atoms with Crippen molar-refractivity contribution < 1.29 is 0 Å². The van der Waals surface area contributed by atoms with Crippen LogP contribution in [0.5, 0.6) is 0 Å². The molecule has 0 radical (unpaired) electrons. The summed E-state index contributed by atoms with van der Waals surface area (Å²) in [6.45, 7) is 1.74. The molecule has 0 spiro atoms. The summed E-state index contributed by atoms with van der Waals surface area (Å²) >= 11 is 0. The number of hydrogen-bond acceptors (Lipinski definition) is 3. The first-order valence-corrected chi connectivity index (χ1v) is 3.47. The minimum absolute atomic E-state index is 0.160. The maximum atomic E-state index is 8.48. The van der Waals surface area contributed by atoms with E-state index in [1.54, 1.807) is 19.2 Å². The van der Waals surface area contributed by atoms with Crippen LogP contribution in [0.15, 0.2) is 23.4 Å². The van der Waals surface area contributed by atoms with E-state index in [0.717, 1.165) is 0 Å². The van der Waals surface area contributed by atoms with Crippen LogP contribution in [0, 0.1) is 22.7 Å². The van der Waals surface area contributed by atoms with Crippen LogP contribution >= 0.6 is 0 Å². The Bertz CT molecular complexity index is 268. The third kappa shape index (κ3) is 3.43. The summed E-state index contributed by atoms with van der Waals surface area (Å²) in [6, 6.07) is 3.65. The van der Waals surface area contributed by atoms with Gasteiger partial charge in [0.25, 0.3) is 0 Å². The Labute approximate surface area is 72.8 Å². The molecular formula is C9H11N3. The molecule has 0 bridgehead atoms. The summed E-state index contributed by atoms with van der Waals surface area (Å²) in [5.74, 6) is 0. The van der Waals surface area contributed by atoms with Gasteiger partial charge in [-0.2, -0.15) is 10.5 Å². The topological polar surface area (TPSA) is 50.8 Å². The van der Waals surface area contributed by atoms with Gasteiger partial charge in [-0.25, -0.2) is 0 Å². The van der Waals surface area contributed by atoms with E-state index in [1.807, 2.05) is 31.1 Å². The van der Waals surface area contributed by atoms with Gasteiger partial charge >= 0.3 is 0 Å². The molecule has 0 aromatic rings. The summed E-state index contributed by atoms with van der Waals surface area (Å²) in [7, 11) is 3.75. The quantitative estimate of drug-likeness (QED) is 0.454. The summed E-state index contributed by atoms with van der Waals surface area (Å²) < 4.78 is 0. The van der Waals surface area contributed by atoms with Gasteiger partial charge in [-0.1, -0.05) is 0 Å². The Hall–Kier alpha value is -1.74. The van der Waals surface area contributed by atoms with Crippen molar-refractivity contribution in [1.29, 1.82) is 10.5 Å². The average Bonchev–Trinajstić information content (AvgIpc) is 2.03. The maximum absolute atomic E-state index is 8.48. The highest BCUT2D eigenvalue weighted by Gasteiger charge is 1.95. The first kappa shape index (κ1) is 10.3. The molecule has 0 saturated heterocycles. The van der Waals surface area contributed by atoms with Gasteiger partial charge in [0.15, 0.2) is 0 Å². The van der Waals surface area contributed by atoms with Gasteiger partial charge in [0.1, 0.15) is 17.7 Å². The second kappa shape index (κ2) is 4.98. The smallest absolute Gasteiger partial charge is 0.132 e. The largest absolute Gasteiger partial charge is 0.383 e. The molecule has 0 amide bonds. The average molecular weight is 161 g/mol. The summed E-state index contributed by atoms with van der Waals surface area (Å²) in [6.07, 6.45) is 3.53. The Kier molecular flexibility index (Phi) is 4.26. The van der Waals surface area contributed by atoms with Crippen LogP contribution in [0.25, 0.3) is 0 Å². The van der Waals surface area contributed by atoms with Crippen molar-refractivity contribution in [3.63, 3.8) is 0 Å². The molecule has 0 N–H and O–H groups in total.